The second kappa shape index (κ2) is 7.24. The van der Waals surface area contributed by atoms with Crippen LogP contribution in [-0.2, 0) is 0 Å². The van der Waals surface area contributed by atoms with Crippen molar-refractivity contribution in [1.29, 1.82) is 0 Å². The molecule has 0 unspecified atom stereocenters. The predicted molar refractivity (Wildman–Crippen MR) is 74.6 cm³/mol. The largest absolute Gasteiger partial charge is 0.388 e. The summed E-state index contributed by atoms with van der Waals surface area (Å²) in [5.74, 6) is 0. The fourth-order valence-corrected chi connectivity index (χ4v) is 2.83. The highest BCUT2D eigenvalue weighted by Gasteiger charge is 2.37. The van der Waals surface area contributed by atoms with Crippen LogP contribution in [-0.4, -0.2) is 70.5 Å². The Morgan fingerprint density at radius 1 is 0.722 bits per heavy atom. The normalized spacial score (nSPS) is 32.4. The fourth-order valence-electron chi connectivity index (χ4n) is 2.83. The van der Waals surface area contributed by atoms with Crippen LogP contribution in [0.15, 0.2) is 12.2 Å². The second-order valence-corrected chi connectivity index (χ2v) is 4.79. The molecule has 4 nitrogen and oxygen atoms in total. The van der Waals surface area contributed by atoms with Gasteiger partial charge in [0, 0.05) is 0 Å². The van der Waals surface area contributed by atoms with Crippen molar-refractivity contribution in [3.8, 4) is 0 Å². The smallest absolute Gasteiger partial charge is 0.101 e. The third-order valence-corrected chi connectivity index (χ3v) is 4.02. The first-order chi connectivity index (χ1) is 8.60. The van der Waals surface area contributed by atoms with Crippen molar-refractivity contribution in [3.63, 3.8) is 0 Å². The molecule has 0 bridgehead atoms. The number of rotatable bonds is 6. The van der Waals surface area contributed by atoms with Crippen molar-refractivity contribution in [2.75, 3.05) is 26.2 Å². The third kappa shape index (κ3) is 3.12. The van der Waals surface area contributed by atoms with Crippen LogP contribution in [0.25, 0.3) is 0 Å². The molecule has 0 saturated heterocycles. The first-order valence-electron chi connectivity index (χ1n) is 7.13. The maximum atomic E-state index is 10.3. The molecule has 0 aromatic heterocycles. The summed E-state index contributed by atoms with van der Waals surface area (Å²) in [5.41, 5.74) is 0. The molecule has 18 heavy (non-hydrogen) atoms. The molecule has 106 valence electrons. The van der Waals surface area contributed by atoms with Crippen LogP contribution in [0.3, 0.4) is 0 Å². The number of aliphatic hydroxyl groups is 2. The zero-order chi connectivity index (χ0) is 13.7. The highest BCUT2D eigenvalue weighted by atomic mass is 16.3. The summed E-state index contributed by atoms with van der Waals surface area (Å²) in [6.07, 6.45) is 2.68. The number of hydrogen-bond acceptors (Lipinski definition) is 4. The van der Waals surface area contributed by atoms with E-state index in [1.54, 1.807) is 0 Å². The Morgan fingerprint density at radius 3 is 1.22 bits per heavy atom. The number of likely N-dealkylation sites (N-methyl/N-ethyl adjacent to an activating group) is 2. The van der Waals surface area contributed by atoms with Gasteiger partial charge in [0.05, 0.1) is 12.1 Å². The summed E-state index contributed by atoms with van der Waals surface area (Å²) in [5, 5.41) is 20.6. The summed E-state index contributed by atoms with van der Waals surface area (Å²) in [7, 11) is 0. The monoisotopic (exact) mass is 256 g/mol. The van der Waals surface area contributed by atoms with Crippen molar-refractivity contribution in [2.45, 2.75) is 52.0 Å². The topological polar surface area (TPSA) is 46.9 Å². The lowest BCUT2D eigenvalue weighted by Gasteiger charge is -2.42. The average Bonchev–Trinajstić information content (AvgIpc) is 2.39. The summed E-state index contributed by atoms with van der Waals surface area (Å²) in [6.45, 7) is 11.8. The van der Waals surface area contributed by atoms with Crippen LogP contribution < -0.4 is 0 Å². The van der Waals surface area contributed by atoms with Crippen molar-refractivity contribution in [2.24, 2.45) is 0 Å². The Kier molecular flexibility index (Phi) is 6.29. The van der Waals surface area contributed by atoms with Crippen LogP contribution in [0.2, 0.25) is 0 Å². The molecule has 1 aliphatic rings. The SMILES string of the molecule is CCN(CC)[C@@H]1C=C[C@@H](N(CC)CC)[C@H](O)[C@H]1O. The molecule has 0 aromatic carbocycles. The summed E-state index contributed by atoms with van der Waals surface area (Å²) in [6, 6.07) is -0.136. The molecule has 4 heteroatoms. The number of hydrogen-bond donors (Lipinski definition) is 2. The van der Waals surface area contributed by atoms with Crippen LogP contribution >= 0.6 is 0 Å². The minimum Gasteiger partial charge on any atom is -0.388 e. The maximum Gasteiger partial charge on any atom is 0.101 e. The molecule has 0 saturated carbocycles. The highest BCUT2D eigenvalue weighted by molar-refractivity contribution is 5.14. The fraction of sp³-hybridized carbons (Fsp3) is 0.857. The first-order valence-corrected chi connectivity index (χ1v) is 7.13. The lowest BCUT2D eigenvalue weighted by molar-refractivity contribution is -0.0598. The molecule has 0 heterocycles. The molecule has 0 fully saturated rings. The minimum absolute atomic E-state index is 0.0678. The maximum absolute atomic E-state index is 10.3. The van der Waals surface area contributed by atoms with Crippen LogP contribution in [0, 0.1) is 0 Å². The number of nitrogens with zero attached hydrogens (tertiary/aromatic N) is 2. The molecule has 1 rings (SSSR count). The van der Waals surface area contributed by atoms with E-state index >= 15 is 0 Å². The lowest BCUT2D eigenvalue weighted by Crippen LogP contribution is -2.57. The zero-order valence-electron chi connectivity index (χ0n) is 12.1. The van der Waals surface area contributed by atoms with Gasteiger partial charge in [-0.25, -0.2) is 0 Å². The highest BCUT2D eigenvalue weighted by Crippen LogP contribution is 2.22. The van der Waals surface area contributed by atoms with E-state index in [2.05, 4.69) is 37.5 Å². The van der Waals surface area contributed by atoms with E-state index in [0.717, 1.165) is 26.2 Å². The Bertz CT molecular complexity index is 237. The Labute approximate surface area is 111 Å². The van der Waals surface area contributed by atoms with Gasteiger partial charge in [0.2, 0.25) is 0 Å². The van der Waals surface area contributed by atoms with Gasteiger partial charge in [-0.1, -0.05) is 39.8 Å². The second-order valence-electron chi connectivity index (χ2n) is 4.79. The Morgan fingerprint density at radius 2 is 1.00 bits per heavy atom. The van der Waals surface area contributed by atoms with E-state index in [-0.39, 0.29) is 12.1 Å². The Balaban J connectivity index is 2.84. The van der Waals surface area contributed by atoms with Gasteiger partial charge in [0.25, 0.3) is 0 Å². The van der Waals surface area contributed by atoms with Gasteiger partial charge >= 0.3 is 0 Å². The number of aliphatic hydroxyl groups excluding tert-OH is 2. The molecule has 1 aliphatic carbocycles. The average molecular weight is 256 g/mol. The molecular formula is C14H28N2O2. The Hall–Kier alpha value is -0.420. The van der Waals surface area contributed by atoms with Gasteiger partial charge in [-0.2, -0.15) is 0 Å². The summed E-state index contributed by atoms with van der Waals surface area (Å²) >= 11 is 0. The molecule has 0 spiro atoms. The molecule has 0 amide bonds. The van der Waals surface area contributed by atoms with Crippen molar-refractivity contribution < 1.29 is 10.2 Å². The van der Waals surface area contributed by atoms with Gasteiger partial charge in [-0.15, -0.1) is 0 Å². The summed E-state index contributed by atoms with van der Waals surface area (Å²) in [4.78, 5) is 4.34. The standard InChI is InChI=1S/C14H28N2O2/c1-5-15(6-2)11-9-10-12(14(18)13(11)17)16(7-3)8-4/h9-14,17-18H,5-8H2,1-4H3/t11-,12-,13+,14+/m1/s1. The predicted octanol–water partition coefficient (Wildman–Crippen LogP) is 0.699. The van der Waals surface area contributed by atoms with Crippen LogP contribution in [0.4, 0.5) is 0 Å². The van der Waals surface area contributed by atoms with Crippen LogP contribution in [0.5, 0.6) is 0 Å². The van der Waals surface area contributed by atoms with Gasteiger partial charge in [-0.3, -0.25) is 9.80 Å². The molecule has 0 radical (unpaired) electrons. The molecular weight excluding hydrogens is 228 g/mol. The van der Waals surface area contributed by atoms with Crippen molar-refractivity contribution in [1.82, 2.24) is 9.80 Å². The van der Waals surface area contributed by atoms with Crippen LogP contribution in [0.1, 0.15) is 27.7 Å². The minimum atomic E-state index is -0.708. The van der Waals surface area contributed by atoms with E-state index in [4.69, 9.17) is 0 Å². The van der Waals surface area contributed by atoms with Gasteiger partial charge in [0.1, 0.15) is 12.2 Å². The first kappa shape index (κ1) is 15.6. The van der Waals surface area contributed by atoms with E-state index in [0.29, 0.717) is 0 Å². The van der Waals surface area contributed by atoms with E-state index in [9.17, 15) is 10.2 Å². The van der Waals surface area contributed by atoms with E-state index in [1.807, 2.05) is 12.2 Å². The summed E-state index contributed by atoms with van der Waals surface area (Å²) < 4.78 is 0. The quantitative estimate of drug-likeness (QED) is 0.687. The third-order valence-electron chi connectivity index (χ3n) is 4.02. The molecule has 2 N–H and O–H groups in total. The molecule has 0 aromatic rings. The van der Waals surface area contributed by atoms with E-state index < -0.39 is 12.2 Å². The molecule has 4 atom stereocenters. The van der Waals surface area contributed by atoms with Crippen molar-refractivity contribution >= 4 is 0 Å². The molecule has 0 aliphatic heterocycles. The van der Waals surface area contributed by atoms with Gasteiger partial charge in [0.15, 0.2) is 0 Å². The van der Waals surface area contributed by atoms with Gasteiger partial charge < -0.3 is 10.2 Å². The van der Waals surface area contributed by atoms with E-state index in [1.165, 1.54) is 0 Å². The lowest BCUT2D eigenvalue weighted by atomic mass is 9.90. The zero-order valence-corrected chi connectivity index (χ0v) is 12.1. The van der Waals surface area contributed by atoms with Crippen molar-refractivity contribution in [3.05, 3.63) is 12.2 Å². The van der Waals surface area contributed by atoms with Gasteiger partial charge in [-0.05, 0) is 26.2 Å².